The normalized spacial score (nSPS) is 15.3. The summed E-state index contributed by atoms with van der Waals surface area (Å²) in [6.45, 7) is 18.8. The Labute approximate surface area is 247 Å². The van der Waals surface area contributed by atoms with Crippen LogP contribution in [0.1, 0.15) is 90.0 Å². The van der Waals surface area contributed by atoms with Gasteiger partial charge in [-0.1, -0.05) is 61.3 Å². The first-order chi connectivity index (χ1) is 19.9. The van der Waals surface area contributed by atoms with E-state index < -0.39 is 5.82 Å². The van der Waals surface area contributed by atoms with E-state index in [4.69, 9.17) is 10.5 Å². The van der Waals surface area contributed by atoms with Gasteiger partial charge in [-0.05, 0) is 36.0 Å². The van der Waals surface area contributed by atoms with Crippen molar-refractivity contribution in [1.82, 2.24) is 15.0 Å². The molecule has 6 rings (SSSR count). The topological polar surface area (TPSA) is 101 Å². The van der Waals surface area contributed by atoms with Crippen LogP contribution in [-0.4, -0.2) is 28.0 Å². The number of nitrogen functional groups attached to an aromatic ring is 1. The summed E-state index contributed by atoms with van der Waals surface area (Å²) in [5, 5.41) is 11.4. The number of pyridine rings is 1. The molecule has 0 bridgehead atoms. The molecule has 3 aromatic heterocycles. The molecule has 1 saturated heterocycles. The molecule has 220 valence electrons. The van der Waals surface area contributed by atoms with Crippen LogP contribution in [-0.2, 0) is 18.0 Å². The van der Waals surface area contributed by atoms with Gasteiger partial charge in [0.25, 0.3) is 0 Å². The summed E-state index contributed by atoms with van der Waals surface area (Å²) in [5.74, 6) is 0.628. The second kappa shape index (κ2) is 14.5. The lowest BCUT2D eigenvalue weighted by Crippen LogP contribution is -2.21. The third-order valence-electron chi connectivity index (χ3n) is 7.16. The highest BCUT2D eigenvalue weighted by Crippen LogP contribution is 2.45. The Morgan fingerprint density at radius 2 is 1.80 bits per heavy atom. The average Bonchev–Trinajstić information content (AvgIpc) is 3.75. The van der Waals surface area contributed by atoms with Gasteiger partial charge in [-0.15, -0.1) is 11.3 Å². The molecule has 5 heterocycles. The number of nitrogens with two attached hydrogens (primary N) is 1. The van der Waals surface area contributed by atoms with E-state index in [1.165, 1.54) is 24.2 Å². The van der Waals surface area contributed by atoms with E-state index in [1.54, 1.807) is 12.4 Å². The van der Waals surface area contributed by atoms with Crippen LogP contribution in [0, 0.1) is 30.0 Å². The number of rotatable bonds is 3. The molecule has 2 aliphatic rings. The van der Waals surface area contributed by atoms with Crippen LogP contribution in [0.5, 0.6) is 0 Å². The first-order valence-electron chi connectivity index (χ1n) is 14.8. The standard InChI is InChI=1S/C24H21FN6OS.C4H10.2C2H6/c1-11-3-4-31(8-11)24-29-7-14-15-9-32-10-16(15)17(19(25)20(14)30-24)21-18-13(5-26)23(27)33-22(18)12(2)6-28-21;1-3-4-2;2*1-2/h6-7,11H,3-4,8-10,27H2,1-2H3;3-4H2,1-2H3;2*1-2H3. The molecule has 1 unspecified atom stereocenters. The predicted octanol–water partition coefficient (Wildman–Crippen LogP) is 8.54. The van der Waals surface area contributed by atoms with Crippen LogP contribution in [0.25, 0.3) is 32.2 Å². The highest BCUT2D eigenvalue weighted by Gasteiger charge is 2.30. The maximum absolute atomic E-state index is 16.3. The Balaban J connectivity index is 0.000000525. The van der Waals surface area contributed by atoms with Crippen molar-refractivity contribution in [2.24, 2.45) is 5.92 Å². The molecule has 2 N–H and O–H groups in total. The third kappa shape index (κ3) is 6.14. The largest absolute Gasteiger partial charge is 0.389 e. The number of halogens is 1. The summed E-state index contributed by atoms with van der Waals surface area (Å²) in [6, 6.07) is 2.19. The minimum absolute atomic E-state index is 0.260. The lowest BCUT2D eigenvalue weighted by atomic mass is 9.93. The van der Waals surface area contributed by atoms with Crippen LogP contribution >= 0.6 is 11.3 Å². The highest BCUT2D eigenvalue weighted by atomic mass is 32.1. The molecule has 0 spiro atoms. The van der Waals surface area contributed by atoms with Gasteiger partial charge in [0.1, 0.15) is 16.6 Å². The Bertz CT molecular complexity index is 1540. The van der Waals surface area contributed by atoms with E-state index in [1.807, 2.05) is 34.6 Å². The van der Waals surface area contributed by atoms with Crippen LogP contribution < -0.4 is 10.6 Å². The number of ether oxygens (including phenoxy) is 1. The number of nitriles is 1. The zero-order chi connectivity index (χ0) is 30.3. The first kappa shape index (κ1) is 32.2. The fraction of sp³-hybridized carbons (Fsp3) is 0.500. The van der Waals surface area contributed by atoms with Gasteiger partial charge in [0.05, 0.1) is 24.5 Å². The van der Waals surface area contributed by atoms with Crippen LogP contribution in [0.4, 0.5) is 15.3 Å². The highest BCUT2D eigenvalue weighted by molar-refractivity contribution is 7.23. The molecule has 2 aliphatic heterocycles. The lowest BCUT2D eigenvalue weighted by Gasteiger charge is -2.18. The Morgan fingerprint density at radius 1 is 1.12 bits per heavy atom. The number of aromatic nitrogens is 3. The van der Waals surface area contributed by atoms with Gasteiger partial charge in [0.2, 0.25) is 5.95 Å². The smallest absolute Gasteiger partial charge is 0.225 e. The number of nitrogens with zero attached hydrogens (tertiary/aromatic N) is 5. The zero-order valence-corrected chi connectivity index (χ0v) is 26.5. The van der Waals surface area contributed by atoms with Gasteiger partial charge < -0.3 is 15.4 Å². The van der Waals surface area contributed by atoms with Crippen molar-refractivity contribution in [2.75, 3.05) is 23.7 Å². The number of aryl methyl sites for hydroxylation is 1. The first-order valence-corrected chi connectivity index (χ1v) is 15.6. The Hall–Kier alpha value is -3.35. The van der Waals surface area contributed by atoms with Crippen molar-refractivity contribution in [1.29, 1.82) is 5.26 Å². The summed E-state index contributed by atoms with van der Waals surface area (Å²) >= 11 is 1.33. The van der Waals surface area contributed by atoms with E-state index in [0.717, 1.165) is 40.9 Å². The van der Waals surface area contributed by atoms with Crippen LogP contribution in [0.3, 0.4) is 0 Å². The van der Waals surface area contributed by atoms with Gasteiger partial charge in [-0.25, -0.2) is 14.4 Å². The Kier molecular flexibility index (Phi) is 11.4. The number of benzene rings is 1. The molecule has 0 aliphatic carbocycles. The van der Waals surface area contributed by atoms with Gasteiger partial charge >= 0.3 is 0 Å². The van der Waals surface area contributed by atoms with Crippen LogP contribution in [0.15, 0.2) is 12.4 Å². The van der Waals surface area contributed by atoms with Crippen molar-refractivity contribution in [3.63, 3.8) is 0 Å². The van der Waals surface area contributed by atoms with Gasteiger partial charge in [-0.2, -0.15) is 5.26 Å². The maximum atomic E-state index is 16.3. The van der Waals surface area contributed by atoms with Gasteiger partial charge in [0, 0.05) is 46.5 Å². The number of anilines is 2. The molecule has 0 radical (unpaired) electrons. The van der Waals surface area contributed by atoms with Gasteiger partial charge in [-0.3, -0.25) is 4.98 Å². The summed E-state index contributed by atoms with van der Waals surface area (Å²) < 4.78 is 22.9. The van der Waals surface area contributed by atoms with Crippen LogP contribution in [0.2, 0.25) is 0 Å². The zero-order valence-electron chi connectivity index (χ0n) is 25.7. The van der Waals surface area contributed by atoms with E-state index in [9.17, 15) is 5.26 Å². The summed E-state index contributed by atoms with van der Waals surface area (Å²) in [6.07, 6.45) is 7.12. The van der Waals surface area contributed by atoms with E-state index in [2.05, 4.69) is 46.7 Å². The van der Waals surface area contributed by atoms with Crippen molar-refractivity contribution < 1.29 is 9.13 Å². The lowest BCUT2D eigenvalue weighted by molar-refractivity contribution is 0.135. The molecule has 41 heavy (non-hydrogen) atoms. The van der Waals surface area contributed by atoms with Crippen molar-refractivity contribution in [3.8, 4) is 17.3 Å². The number of fused-ring (bicyclic) bond motifs is 4. The molecule has 4 aromatic rings. The predicted molar refractivity (Wildman–Crippen MR) is 170 cm³/mol. The number of thiophene rings is 1. The number of hydrogen-bond donors (Lipinski definition) is 1. The van der Waals surface area contributed by atoms with E-state index in [0.29, 0.717) is 51.1 Å². The average molecular weight is 579 g/mol. The quantitative estimate of drug-likeness (QED) is 0.260. The molecule has 0 saturated carbocycles. The minimum atomic E-state index is -0.462. The minimum Gasteiger partial charge on any atom is -0.389 e. The van der Waals surface area contributed by atoms with E-state index >= 15 is 4.39 Å². The molecule has 1 atom stereocenters. The maximum Gasteiger partial charge on any atom is 0.225 e. The summed E-state index contributed by atoms with van der Waals surface area (Å²) in [4.78, 5) is 15.9. The molecule has 1 fully saturated rings. The fourth-order valence-electron chi connectivity index (χ4n) is 4.96. The monoisotopic (exact) mass is 578 g/mol. The van der Waals surface area contributed by atoms with Crippen molar-refractivity contribution >= 4 is 43.3 Å². The SMILES string of the molecule is CC.CC.CCCC.Cc1cnc(-c2c3c(c4cnc(N5CCC(C)C5)nc4c2F)COC3)c2c(C#N)c(N)sc12. The number of hydrogen-bond acceptors (Lipinski definition) is 8. The fourth-order valence-corrected chi connectivity index (χ4v) is 5.94. The van der Waals surface area contributed by atoms with Crippen molar-refractivity contribution in [3.05, 3.63) is 40.5 Å². The molecule has 7 nitrogen and oxygen atoms in total. The Morgan fingerprint density at radius 3 is 2.41 bits per heavy atom. The molecular formula is C32H43FN6OS. The third-order valence-corrected chi connectivity index (χ3v) is 8.31. The molecule has 1 aromatic carbocycles. The number of unbranched alkanes of at least 4 members (excludes halogenated alkanes) is 1. The van der Waals surface area contributed by atoms with Crippen molar-refractivity contribution in [2.45, 2.75) is 87.9 Å². The second-order valence-electron chi connectivity index (χ2n) is 9.86. The molecule has 0 amide bonds. The summed E-state index contributed by atoms with van der Waals surface area (Å²) in [5.41, 5.74) is 10.0. The summed E-state index contributed by atoms with van der Waals surface area (Å²) in [7, 11) is 0. The molecular weight excluding hydrogens is 535 g/mol. The second-order valence-corrected chi connectivity index (χ2v) is 10.9. The van der Waals surface area contributed by atoms with Gasteiger partial charge in [0.15, 0.2) is 5.82 Å². The molecule has 9 heteroatoms. The van der Waals surface area contributed by atoms with E-state index in [-0.39, 0.29) is 12.1 Å².